The summed E-state index contributed by atoms with van der Waals surface area (Å²) >= 11 is 0. The van der Waals surface area contributed by atoms with Crippen molar-refractivity contribution in [2.45, 2.75) is 20.8 Å². The van der Waals surface area contributed by atoms with Crippen molar-refractivity contribution in [1.82, 2.24) is 9.38 Å². The Labute approximate surface area is 144 Å². The van der Waals surface area contributed by atoms with E-state index in [9.17, 15) is 14.9 Å². The minimum atomic E-state index is -0.574. The van der Waals surface area contributed by atoms with Crippen LogP contribution in [0.5, 0.6) is 5.75 Å². The number of rotatable bonds is 3. The number of ether oxygens (including phenoxy) is 1. The third-order valence-corrected chi connectivity index (χ3v) is 3.62. The molecule has 0 bridgehead atoms. The first-order chi connectivity index (χ1) is 11.7. The fraction of sp³-hybridized carbons (Fsp3) is 0.222. The largest absolute Gasteiger partial charge is 0.426 e. The van der Waals surface area contributed by atoms with Crippen molar-refractivity contribution in [3.8, 4) is 17.0 Å². The van der Waals surface area contributed by atoms with E-state index in [1.165, 1.54) is 12.3 Å². The van der Waals surface area contributed by atoms with E-state index in [-0.39, 0.29) is 11.7 Å². The first-order valence-corrected chi connectivity index (χ1v) is 7.70. The van der Waals surface area contributed by atoms with Crippen LogP contribution in [0, 0.1) is 15.5 Å². The normalized spacial score (nSPS) is 11.5. The molecule has 128 valence electrons. The molecule has 0 radical (unpaired) electrons. The number of nitro groups is 1. The van der Waals surface area contributed by atoms with Crippen molar-refractivity contribution in [3.05, 3.63) is 58.9 Å². The molecular formula is C18H17N3O4. The van der Waals surface area contributed by atoms with Crippen molar-refractivity contribution in [3.63, 3.8) is 0 Å². The van der Waals surface area contributed by atoms with Crippen LogP contribution >= 0.6 is 0 Å². The molecule has 0 unspecified atom stereocenters. The van der Waals surface area contributed by atoms with E-state index in [0.29, 0.717) is 17.1 Å². The smallest absolute Gasteiger partial charge is 0.316 e. The van der Waals surface area contributed by atoms with Crippen LogP contribution in [-0.4, -0.2) is 20.3 Å². The van der Waals surface area contributed by atoms with Gasteiger partial charge in [0.15, 0.2) is 0 Å². The third-order valence-electron chi connectivity index (χ3n) is 3.62. The van der Waals surface area contributed by atoms with Gasteiger partial charge in [-0.05, 0) is 51.1 Å². The highest BCUT2D eigenvalue weighted by Gasteiger charge is 2.23. The lowest BCUT2D eigenvalue weighted by molar-refractivity contribution is -0.385. The molecule has 2 heterocycles. The summed E-state index contributed by atoms with van der Waals surface area (Å²) in [5.41, 5.74) is 1.54. The molecule has 0 N–H and O–H groups in total. The molecular weight excluding hydrogens is 322 g/mol. The van der Waals surface area contributed by atoms with Crippen molar-refractivity contribution in [2.24, 2.45) is 5.41 Å². The summed E-state index contributed by atoms with van der Waals surface area (Å²) in [5, 5.41) is 10.8. The summed E-state index contributed by atoms with van der Waals surface area (Å²) in [6.07, 6.45) is 3.14. The van der Waals surface area contributed by atoms with Crippen LogP contribution in [0.3, 0.4) is 0 Å². The lowest BCUT2D eigenvalue weighted by Gasteiger charge is -2.16. The van der Waals surface area contributed by atoms with Gasteiger partial charge in [-0.2, -0.15) is 0 Å². The Hall–Kier alpha value is -3.22. The van der Waals surface area contributed by atoms with Crippen molar-refractivity contribution < 1.29 is 14.5 Å². The number of pyridine rings is 1. The number of esters is 1. The lowest BCUT2D eigenvalue weighted by Crippen LogP contribution is -2.25. The van der Waals surface area contributed by atoms with E-state index < -0.39 is 10.3 Å². The quantitative estimate of drug-likeness (QED) is 0.313. The topological polar surface area (TPSA) is 86.7 Å². The Morgan fingerprint density at radius 2 is 1.80 bits per heavy atom. The van der Waals surface area contributed by atoms with Crippen LogP contribution in [0.4, 0.5) is 5.69 Å². The maximum absolute atomic E-state index is 11.9. The van der Waals surface area contributed by atoms with E-state index in [4.69, 9.17) is 4.74 Å². The molecule has 7 heteroatoms. The van der Waals surface area contributed by atoms with Gasteiger partial charge in [0.1, 0.15) is 11.4 Å². The molecule has 0 amide bonds. The molecule has 0 aliphatic heterocycles. The Morgan fingerprint density at radius 3 is 2.40 bits per heavy atom. The zero-order valence-corrected chi connectivity index (χ0v) is 14.1. The number of hydrogen-bond acceptors (Lipinski definition) is 5. The summed E-state index contributed by atoms with van der Waals surface area (Å²) in [7, 11) is 0. The third kappa shape index (κ3) is 3.50. The predicted molar refractivity (Wildman–Crippen MR) is 92.4 cm³/mol. The molecule has 0 atom stereocenters. The minimum absolute atomic E-state index is 0.000825. The molecule has 0 saturated heterocycles. The molecule has 0 aliphatic carbocycles. The highest BCUT2D eigenvalue weighted by molar-refractivity contribution is 5.78. The predicted octanol–water partition coefficient (Wildman–Crippen LogP) is 3.86. The van der Waals surface area contributed by atoms with Gasteiger partial charge in [-0.15, -0.1) is 0 Å². The number of fused-ring (bicyclic) bond motifs is 1. The van der Waals surface area contributed by atoms with Gasteiger partial charge in [-0.1, -0.05) is 0 Å². The van der Waals surface area contributed by atoms with Crippen LogP contribution in [0.2, 0.25) is 0 Å². The van der Waals surface area contributed by atoms with E-state index in [2.05, 4.69) is 4.98 Å². The fourth-order valence-electron chi connectivity index (χ4n) is 2.18. The molecule has 25 heavy (non-hydrogen) atoms. The number of carbonyl (C=O) groups is 1. The summed E-state index contributed by atoms with van der Waals surface area (Å²) in [6, 6.07) is 10.0. The molecule has 0 fully saturated rings. The van der Waals surface area contributed by atoms with Gasteiger partial charge in [-0.25, -0.2) is 4.98 Å². The Bertz CT molecular complexity index is 953. The summed E-state index contributed by atoms with van der Waals surface area (Å²) in [5.74, 6) is 0.156. The van der Waals surface area contributed by atoms with Crippen LogP contribution in [-0.2, 0) is 4.79 Å². The molecule has 3 rings (SSSR count). The van der Waals surface area contributed by atoms with Crippen LogP contribution in [0.1, 0.15) is 20.8 Å². The van der Waals surface area contributed by atoms with E-state index in [1.807, 2.05) is 0 Å². The van der Waals surface area contributed by atoms with Crippen LogP contribution in [0.15, 0.2) is 48.8 Å². The molecule has 0 aliphatic rings. The van der Waals surface area contributed by atoms with Crippen LogP contribution < -0.4 is 4.74 Å². The maximum Gasteiger partial charge on any atom is 0.316 e. The molecule has 3 aromatic rings. The second-order valence-electron chi connectivity index (χ2n) is 6.70. The molecule has 0 saturated carbocycles. The SMILES string of the molecule is CC(C)(C)C(=O)Oc1ccc(-c2cn3cc([N+](=O)[O-])ccc3n2)cc1. The molecule has 1 aromatic carbocycles. The Balaban J connectivity index is 1.86. The number of carbonyl (C=O) groups excluding carboxylic acids is 1. The first kappa shape index (κ1) is 16.6. The average Bonchev–Trinajstić information content (AvgIpc) is 2.97. The zero-order chi connectivity index (χ0) is 18.2. The standard InChI is InChI=1S/C18H17N3O4/c1-18(2,3)17(22)25-14-7-4-12(5-8-14)15-11-20-10-13(21(23)24)6-9-16(20)19-15/h4-11H,1-3H3. The van der Waals surface area contributed by atoms with E-state index in [0.717, 1.165) is 5.56 Å². The van der Waals surface area contributed by atoms with Crippen molar-refractivity contribution >= 4 is 17.3 Å². The number of nitrogens with zero attached hydrogens (tertiary/aromatic N) is 3. The number of hydrogen-bond donors (Lipinski definition) is 0. The van der Waals surface area contributed by atoms with Crippen LogP contribution in [0.25, 0.3) is 16.9 Å². The number of aromatic nitrogens is 2. The first-order valence-electron chi connectivity index (χ1n) is 7.70. The van der Waals surface area contributed by atoms with Crippen molar-refractivity contribution in [2.75, 3.05) is 0 Å². The highest BCUT2D eigenvalue weighted by Crippen LogP contribution is 2.25. The Morgan fingerprint density at radius 1 is 1.12 bits per heavy atom. The second kappa shape index (κ2) is 6.01. The maximum atomic E-state index is 11.9. The number of imidazole rings is 1. The monoisotopic (exact) mass is 339 g/mol. The van der Waals surface area contributed by atoms with Gasteiger partial charge in [-0.3, -0.25) is 19.3 Å². The average molecular weight is 339 g/mol. The fourth-order valence-corrected chi connectivity index (χ4v) is 2.18. The van der Waals surface area contributed by atoms with Gasteiger partial charge < -0.3 is 4.74 Å². The van der Waals surface area contributed by atoms with E-state index >= 15 is 0 Å². The second-order valence-corrected chi connectivity index (χ2v) is 6.70. The molecule has 0 spiro atoms. The van der Waals surface area contributed by atoms with Gasteiger partial charge in [0.05, 0.1) is 22.2 Å². The lowest BCUT2D eigenvalue weighted by atomic mass is 9.97. The highest BCUT2D eigenvalue weighted by atomic mass is 16.6. The summed E-state index contributed by atoms with van der Waals surface area (Å²) in [6.45, 7) is 5.37. The molecule has 7 nitrogen and oxygen atoms in total. The van der Waals surface area contributed by atoms with Gasteiger partial charge >= 0.3 is 5.97 Å². The van der Waals surface area contributed by atoms with Gasteiger partial charge in [0, 0.05) is 17.8 Å². The van der Waals surface area contributed by atoms with Crippen molar-refractivity contribution in [1.29, 1.82) is 0 Å². The molecule has 2 aromatic heterocycles. The number of benzene rings is 1. The zero-order valence-electron chi connectivity index (χ0n) is 14.1. The summed E-state index contributed by atoms with van der Waals surface area (Å²) in [4.78, 5) is 26.7. The van der Waals surface area contributed by atoms with Gasteiger partial charge in [0.2, 0.25) is 0 Å². The Kier molecular flexibility index (Phi) is 4.00. The van der Waals surface area contributed by atoms with Gasteiger partial charge in [0.25, 0.3) is 5.69 Å². The van der Waals surface area contributed by atoms with E-state index in [1.54, 1.807) is 61.7 Å². The summed E-state index contributed by atoms with van der Waals surface area (Å²) < 4.78 is 6.94. The minimum Gasteiger partial charge on any atom is -0.426 e.